The molecule has 0 spiro atoms. The summed E-state index contributed by atoms with van der Waals surface area (Å²) in [5, 5.41) is 18.8. The number of rotatable bonds is 4. The van der Waals surface area contributed by atoms with E-state index >= 15 is 0 Å². The zero-order valence-electron chi connectivity index (χ0n) is 11.1. The van der Waals surface area contributed by atoms with Gasteiger partial charge in [0.15, 0.2) is 0 Å². The largest absolute Gasteiger partial charge is 0.497 e. The van der Waals surface area contributed by atoms with Crippen LogP contribution in [0.25, 0.3) is 10.9 Å². The fraction of sp³-hybridized carbons (Fsp3) is 0.214. The van der Waals surface area contributed by atoms with Gasteiger partial charge in [0, 0.05) is 18.5 Å². The number of hydrogen-bond donors (Lipinski definition) is 1. The quantitative estimate of drug-likeness (QED) is 0.909. The highest BCUT2D eigenvalue weighted by Crippen LogP contribution is 2.25. The molecule has 0 bridgehead atoms. The predicted octanol–water partition coefficient (Wildman–Crippen LogP) is 1.64. The molecule has 2 aromatic rings. The molecule has 0 radical (unpaired) electrons. The maximum absolute atomic E-state index is 10.8. The summed E-state index contributed by atoms with van der Waals surface area (Å²) in [7, 11) is 3.14. The highest BCUT2D eigenvalue weighted by molar-refractivity contribution is 5.85. The number of ether oxygens (including phenoxy) is 1. The van der Waals surface area contributed by atoms with E-state index in [0.29, 0.717) is 22.6 Å². The van der Waals surface area contributed by atoms with Crippen molar-refractivity contribution in [1.82, 2.24) is 4.98 Å². The molecule has 0 saturated heterocycles. The second-order valence-electron chi connectivity index (χ2n) is 4.28. The smallest absolute Gasteiger partial charge is 0.323 e. The van der Waals surface area contributed by atoms with Crippen molar-refractivity contribution in [3.8, 4) is 11.8 Å². The SMILES string of the molecule is COc1ccc2cc(C#N)c(N(C)CC(=O)O)nc2c1. The predicted molar refractivity (Wildman–Crippen MR) is 73.9 cm³/mol. The fourth-order valence-electron chi connectivity index (χ4n) is 1.91. The number of pyridine rings is 1. The number of nitrogens with zero attached hydrogens (tertiary/aromatic N) is 3. The lowest BCUT2D eigenvalue weighted by Gasteiger charge is -2.17. The van der Waals surface area contributed by atoms with Crippen molar-refractivity contribution in [2.75, 3.05) is 25.6 Å². The average molecular weight is 271 g/mol. The Morgan fingerprint density at radius 2 is 2.25 bits per heavy atom. The van der Waals surface area contributed by atoms with Crippen LogP contribution in [-0.4, -0.2) is 36.8 Å². The number of carboxylic acid groups (broad SMARTS) is 1. The van der Waals surface area contributed by atoms with E-state index in [2.05, 4.69) is 4.98 Å². The van der Waals surface area contributed by atoms with Gasteiger partial charge in [-0.3, -0.25) is 4.79 Å². The molecule has 0 atom stereocenters. The van der Waals surface area contributed by atoms with E-state index in [9.17, 15) is 10.1 Å². The molecule has 0 unspecified atom stereocenters. The molecule has 6 nitrogen and oxygen atoms in total. The molecule has 0 aliphatic carbocycles. The van der Waals surface area contributed by atoms with Gasteiger partial charge >= 0.3 is 5.97 Å². The Hall–Kier alpha value is -2.81. The molecule has 2 rings (SSSR count). The zero-order chi connectivity index (χ0) is 14.7. The molecular weight excluding hydrogens is 258 g/mol. The van der Waals surface area contributed by atoms with Gasteiger partial charge < -0.3 is 14.7 Å². The van der Waals surface area contributed by atoms with Crippen LogP contribution in [0.2, 0.25) is 0 Å². The van der Waals surface area contributed by atoms with Gasteiger partial charge in [-0.2, -0.15) is 5.26 Å². The van der Waals surface area contributed by atoms with Crippen LogP contribution >= 0.6 is 0 Å². The van der Waals surface area contributed by atoms with Crippen molar-refractivity contribution in [2.45, 2.75) is 0 Å². The summed E-state index contributed by atoms with van der Waals surface area (Å²) in [4.78, 5) is 16.6. The number of anilines is 1. The van der Waals surface area contributed by atoms with Crippen molar-refractivity contribution in [3.05, 3.63) is 29.8 Å². The zero-order valence-corrected chi connectivity index (χ0v) is 11.1. The van der Waals surface area contributed by atoms with Crippen molar-refractivity contribution in [2.24, 2.45) is 0 Å². The summed E-state index contributed by atoms with van der Waals surface area (Å²) in [6, 6.07) is 9.07. The maximum Gasteiger partial charge on any atom is 0.323 e. The number of carbonyl (C=O) groups is 1. The minimum atomic E-state index is -0.982. The molecule has 0 amide bonds. The number of aromatic nitrogens is 1. The van der Waals surface area contributed by atoms with E-state index in [1.54, 1.807) is 32.4 Å². The van der Waals surface area contributed by atoms with Crippen LogP contribution in [-0.2, 0) is 4.79 Å². The third-order valence-corrected chi connectivity index (χ3v) is 2.86. The molecule has 1 heterocycles. The first-order valence-corrected chi connectivity index (χ1v) is 5.87. The molecule has 0 saturated carbocycles. The number of likely N-dealkylation sites (N-methyl/N-ethyl adjacent to an activating group) is 1. The number of nitriles is 1. The molecule has 1 aromatic carbocycles. The van der Waals surface area contributed by atoms with E-state index in [-0.39, 0.29) is 6.54 Å². The Bertz CT molecular complexity index is 707. The number of benzene rings is 1. The molecule has 6 heteroatoms. The molecular formula is C14H13N3O3. The lowest BCUT2D eigenvalue weighted by Crippen LogP contribution is -2.26. The molecule has 0 aliphatic heterocycles. The van der Waals surface area contributed by atoms with E-state index in [0.717, 1.165) is 5.39 Å². The van der Waals surface area contributed by atoms with Crippen LogP contribution in [0, 0.1) is 11.3 Å². The molecule has 0 fully saturated rings. The van der Waals surface area contributed by atoms with Gasteiger partial charge in [-0.15, -0.1) is 0 Å². The first-order chi connectivity index (χ1) is 9.55. The highest BCUT2D eigenvalue weighted by Gasteiger charge is 2.13. The maximum atomic E-state index is 10.8. The molecule has 0 aliphatic rings. The van der Waals surface area contributed by atoms with Crippen LogP contribution in [0.3, 0.4) is 0 Å². The monoisotopic (exact) mass is 271 g/mol. The second-order valence-corrected chi connectivity index (χ2v) is 4.28. The molecule has 102 valence electrons. The first kappa shape index (κ1) is 13.6. The highest BCUT2D eigenvalue weighted by atomic mass is 16.5. The summed E-state index contributed by atoms with van der Waals surface area (Å²) >= 11 is 0. The van der Waals surface area contributed by atoms with Crippen molar-refractivity contribution in [1.29, 1.82) is 5.26 Å². The van der Waals surface area contributed by atoms with Gasteiger partial charge in [0.05, 0.1) is 18.2 Å². The lowest BCUT2D eigenvalue weighted by molar-refractivity contribution is -0.135. The summed E-state index contributed by atoms with van der Waals surface area (Å²) in [5.41, 5.74) is 0.988. The Morgan fingerprint density at radius 1 is 1.50 bits per heavy atom. The van der Waals surface area contributed by atoms with Crippen molar-refractivity contribution in [3.63, 3.8) is 0 Å². The standard InChI is InChI=1S/C14H13N3O3/c1-17(8-13(18)19)14-10(7-15)5-9-3-4-11(20-2)6-12(9)16-14/h3-6H,8H2,1-2H3,(H,18,19). The number of aliphatic carboxylic acids is 1. The Morgan fingerprint density at radius 3 is 2.85 bits per heavy atom. The van der Waals surface area contributed by atoms with Crippen LogP contribution in [0.4, 0.5) is 5.82 Å². The summed E-state index contributed by atoms with van der Waals surface area (Å²) in [5.74, 6) is 0.0149. The van der Waals surface area contributed by atoms with Crippen LogP contribution in [0.5, 0.6) is 5.75 Å². The van der Waals surface area contributed by atoms with E-state index in [4.69, 9.17) is 9.84 Å². The minimum absolute atomic E-state index is 0.225. The number of carboxylic acids is 1. The minimum Gasteiger partial charge on any atom is -0.497 e. The van der Waals surface area contributed by atoms with Crippen LogP contribution < -0.4 is 9.64 Å². The summed E-state index contributed by atoms with van der Waals surface area (Å²) in [6.45, 7) is -0.225. The lowest BCUT2D eigenvalue weighted by atomic mass is 10.1. The Kier molecular flexibility index (Phi) is 3.71. The van der Waals surface area contributed by atoms with Crippen LogP contribution in [0.1, 0.15) is 5.56 Å². The topological polar surface area (TPSA) is 86.5 Å². The second kappa shape index (κ2) is 5.45. The summed E-state index contributed by atoms with van der Waals surface area (Å²) < 4.78 is 5.13. The number of hydrogen-bond acceptors (Lipinski definition) is 5. The summed E-state index contributed by atoms with van der Waals surface area (Å²) in [6.07, 6.45) is 0. The van der Waals surface area contributed by atoms with E-state index in [1.807, 2.05) is 12.1 Å². The van der Waals surface area contributed by atoms with Gasteiger partial charge in [-0.1, -0.05) is 0 Å². The van der Waals surface area contributed by atoms with Crippen LogP contribution in [0.15, 0.2) is 24.3 Å². The van der Waals surface area contributed by atoms with E-state index < -0.39 is 5.97 Å². The van der Waals surface area contributed by atoms with Gasteiger partial charge in [-0.05, 0) is 18.2 Å². The van der Waals surface area contributed by atoms with Gasteiger partial charge in [0.25, 0.3) is 0 Å². The molecule has 1 aromatic heterocycles. The third-order valence-electron chi connectivity index (χ3n) is 2.86. The average Bonchev–Trinajstić information content (AvgIpc) is 2.44. The van der Waals surface area contributed by atoms with Crippen molar-refractivity contribution < 1.29 is 14.6 Å². The third kappa shape index (κ3) is 2.62. The van der Waals surface area contributed by atoms with Crippen molar-refractivity contribution >= 4 is 22.7 Å². The molecule has 20 heavy (non-hydrogen) atoms. The van der Waals surface area contributed by atoms with Gasteiger partial charge in [0.2, 0.25) is 0 Å². The normalized spacial score (nSPS) is 10.1. The first-order valence-electron chi connectivity index (χ1n) is 5.87. The van der Waals surface area contributed by atoms with Gasteiger partial charge in [-0.25, -0.2) is 4.98 Å². The fourth-order valence-corrected chi connectivity index (χ4v) is 1.91. The number of fused-ring (bicyclic) bond motifs is 1. The van der Waals surface area contributed by atoms with Gasteiger partial charge in [0.1, 0.15) is 24.2 Å². The number of methoxy groups -OCH3 is 1. The molecule has 1 N–H and O–H groups in total. The Balaban J connectivity index is 2.57. The van der Waals surface area contributed by atoms with E-state index in [1.165, 1.54) is 4.90 Å². The Labute approximate surface area is 115 Å².